The normalized spacial score (nSPS) is 17.2. The molecule has 1 atom stereocenters. The molecule has 2 N–H and O–H groups in total. The van der Waals surface area contributed by atoms with Crippen LogP contribution in [0.1, 0.15) is 25.5 Å². The number of anilines is 1. The van der Waals surface area contributed by atoms with Gasteiger partial charge in [0.05, 0.1) is 18.3 Å². The summed E-state index contributed by atoms with van der Waals surface area (Å²) >= 11 is 0. The number of urea groups is 1. The molecule has 1 aromatic heterocycles. The summed E-state index contributed by atoms with van der Waals surface area (Å²) in [7, 11) is 3.88. The molecule has 1 aliphatic heterocycles. The molecule has 0 saturated carbocycles. The van der Waals surface area contributed by atoms with Crippen LogP contribution in [0.3, 0.4) is 0 Å². The van der Waals surface area contributed by atoms with Gasteiger partial charge in [-0.1, -0.05) is 6.07 Å². The highest BCUT2D eigenvalue weighted by molar-refractivity contribution is 5.74. The molecule has 2 heterocycles. The van der Waals surface area contributed by atoms with Gasteiger partial charge in [0, 0.05) is 27.2 Å². The lowest BCUT2D eigenvalue weighted by Crippen LogP contribution is -2.45. The van der Waals surface area contributed by atoms with Crippen molar-refractivity contribution in [3.05, 3.63) is 23.9 Å². The number of pyridine rings is 1. The molecule has 1 unspecified atom stereocenters. The fraction of sp³-hybridized carbons (Fsp3) is 0.625. The summed E-state index contributed by atoms with van der Waals surface area (Å²) in [6.07, 6.45) is 1.43. The van der Waals surface area contributed by atoms with Crippen LogP contribution >= 0.6 is 0 Å². The molecule has 2 rings (SSSR count). The number of aromatic nitrogens is 1. The fourth-order valence-electron chi connectivity index (χ4n) is 2.68. The molecule has 1 aromatic rings. The van der Waals surface area contributed by atoms with E-state index >= 15 is 0 Å². The lowest BCUT2D eigenvalue weighted by atomic mass is 9.92. The molecule has 0 spiro atoms. The number of likely N-dealkylation sites (tertiary alicyclic amines) is 1. The number of aliphatic hydroxyl groups excluding tert-OH is 1. The third-order valence-electron chi connectivity index (χ3n) is 4.18. The van der Waals surface area contributed by atoms with E-state index in [-0.39, 0.29) is 12.1 Å². The van der Waals surface area contributed by atoms with E-state index in [1.807, 2.05) is 49.0 Å². The largest absolute Gasteiger partial charge is 0.393 e. The Balaban J connectivity index is 1.82. The van der Waals surface area contributed by atoms with Gasteiger partial charge >= 0.3 is 6.03 Å². The second-order valence-electron chi connectivity index (χ2n) is 6.11. The molecule has 0 aliphatic carbocycles. The van der Waals surface area contributed by atoms with E-state index in [0.717, 1.165) is 24.4 Å². The summed E-state index contributed by atoms with van der Waals surface area (Å²) in [6.45, 7) is 3.65. The van der Waals surface area contributed by atoms with Gasteiger partial charge in [-0.3, -0.25) is 0 Å². The first-order valence-corrected chi connectivity index (χ1v) is 7.81. The monoisotopic (exact) mass is 306 g/mol. The first-order chi connectivity index (χ1) is 10.5. The van der Waals surface area contributed by atoms with Crippen molar-refractivity contribution in [2.24, 2.45) is 5.92 Å². The van der Waals surface area contributed by atoms with E-state index in [4.69, 9.17) is 0 Å². The number of piperidine rings is 1. The molecule has 1 fully saturated rings. The lowest BCUT2D eigenvalue weighted by Gasteiger charge is -2.33. The summed E-state index contributed by atoms with van der Waals surface area (Å²) in [5.74, 6) is 1.19. The van der Waals surface area contributed by atoms with Crippen molar-refractivity contribution >= 4 is 11.8 Å². The first kappa shape index (κ1) is 16.5. The van der Waals surface area contributed by atoms with Crippen molar-refractivity contribution in [1.82, 2.24) is 15.2 Å². The highest BCUT2D eigenvalue weighted by Crippen LogP contribution is 2.20. The highest BCUT2D eigenvalue weighted by atomic mass is 16.3. The predicted octanol–water partition coefficient (Wildman–Crippen LogP) is 1.45. The minimum absolute atomic E-state index is 0.0545. The number of nitrogens with one attached hydrogen (secondary N) is 1. The molecule has 6 nitrogen and oxygen atoms in total. The lowest BCUT2D eigenvalue weighted by molar-refractivity contribution is 0.0798. The summed E-state index contributed by atoms with van der Waals surface area (Å²) in [4.78, 5) is 20.4. The molecular formula is C16H26N4O2. The van der Waals surface area contributed by atoms with Crippen LogP contribution in [0.4, 0.5) is 10.6 Å². The van der Waals surface area contributed by atoms with E-state index in [1.54, 1.807) is 0 Å². The summed E-state index contributed by atoms with van der Waals surface area (Å²) in [5, 5.41) is 12.5. The predicted molar refractivity (Wildman–Crippen MR) is 86.8 cm³/mol. The van der Waals surface area contributed by atoms with Gasteiger partial charge in [-0.2, -0.15) is 0 Å². The van der Waals surface area contributed by atoms with Crippen LogP contribution in [-0.4, -0.2) is 54.3 Å². The zero-order chi connectivity index (χ0) is 16.1. The summed E-state index contributed by atoms with van der Waals surface area (Å²) < 4.78 is 0. The number of hydrogen-bond donors (Lipinski definition) is 2. The topological polar surface area (TPSA) is 68.7 Å². The van der Waals surface area contributed by atoms with Gasteiger partial charge in [0.15, 0.2) is 0 Å². The average Bonchev–Trinajstić information content (AvgIpc) is 2.53. The Morgan fingerprint density at radius 3 is 2.73 bits per heavy atom. The van der Waals surface area contributed by atoms with Crippen molar-refractivity contribution in [2.75, 3.05) is 32.1 Å². The van der Waals surface area contributed by atoms with Crippen LogP contribution in [0.5, 0.6) is 0 Å². The van der Waals surface area contributed by atoms with Gasteiger partial charge in [0.1, 0.15) is 5.82 Å². The van der Waals surface area contributed by atoms with Crippen LogP contribution in [0, 0.1) is 5.92 Å². The van der Waals surface area contributed by atoms with E-state index in [0.29, 0.717) is 25.6 Å². The third-order valence-corrected chi connectivity index (χ3v) is 4.18. The number of carbonyl (C=O) groups is 1. The van der Waals surface area contributed by atoms with E-state index in [2.05, 4.69) is 10.3 Å². The first-order valence-electron chi connectivity index (χ1n) is 7.81. The number of carbonyl (C=O) groups excluding carboxylic acids is 1. The molecule has 0 bridgehead atoms. The van der Waals surface area contributed by atoms with Crippen LogP contribution in [0.2, 0.25) is 0 Å². The molecule has 0 radical (unpaired) electrons. The Labute approximate surface area is 132 Å². The van der Waals surface area contributed by atoms with Crippen LogP contribution in [0.15, 0.2) is 18.2 Å². The number of rotatable bonds is 4. The Morgan fingerprint density at radius 1 is 1.45 bits per heavy atom. The van der Waals surface area contributed by atoms with Crippen molar-refractivity contribution in [1.29, 1.82) is 0 Å². The molecular weight excluding hydrogens is 280 g/mol. The second kappa shape index (κ2) is 7.45. The van der Waals surface area contributed by atoms with Crippen molar-refractivity contribution in [2.45, 2.75) is 32.4 Å². The number of nitrogens with zero attached hydrogens (tertiary/aromatic N) is 3. The maximum Gasteiger partial charge on any atom is 0.317 e. The molecule has 22 heavy (non-hydrogen) atoms. The fourth-order valence-corrected chi connectivity index (χ4v) is 2.68. The Hall–Kier alpha value is -1.82. The molecule has 122 valence electrons. The zero-order valence-corrected chi connectivity index (χ0v) is 13.6. The smallest absolute Gasteiger partial charge is 0.317 e. The molecule has 1 saturated heterocycles. The number of amides is 2. The van der Waals surface area contributed by atoms with Gasteiger partial charge in [-0.25, -0.2) is 9.78 Å². The van der Waals surface area contributed by atoms with E-state index < -0.39 is 0 Å². The highest BCUT2D eigenvalue weighted by Gasteiger charge is 2.25. The Kier molecular flexibility index (Phi) is 5.60. The van der Waals surface area contributed by atoms with Crippen molar-refractivity contribution < 1.29 is 9.90 Å². The Bertz CT molecular complexity index is 497. The van der Waals surface area contributed by atoms with Crippen molar-refractivity contribution in [3.63, 3.8) is 0 Å². The molecule has 6 heteroatoms. The summed E-state index contributed by atoms with van der Waals surface area (Å²) in [6, 6.07) is 5.73. The Morgan fingerprint density at radius 2 is 2.14 bits per heavy atom. The van der Waals surface area contributed by atoms with Gasteiger partial charge in [-0.05, 0) is 37.8 Å². The van der Waals surface area contributed by atoms with Gasteiger partial charge in [-0.15, -0.1) is 0 Å². The quantitative estimate of drug-likeness (QED) is 0.883. The van der Waals surface area contributed by atoms with Gasteiger partial charge in [0.25, 0.3) is 0 Å². The van der Waals surface area contributed by atoms with Crippen molar-refractivity contribution in [3.8, 4) is 0 Å². The molecule has 1 aliphatic rings. The SMILES string of the molecule is CC(O)C1CCN(C(=O)NCc2cccc(N(C)C)n2)CC1. The summed E-state index contributed by atoms with van der Waals surface area (Å²) in [5.41, 5.74) is 0.846. The van der Waals surface area contributed by atoms with Crippen LogP contribution in [-0.2, 0) is 6.54 Å². The number of hydrogen-bond acceptors (Lipinski definition) is 4. The van der Waals surface area contributed by atoms with Gasteiger partial charge < -0.3 is 20.2 Å². The average molecular weight is 306 g/mol. The van der Waals surface area contributed by atoms with Crippen LogP contribution < -0.4 is 10.2 Å². The minimum atomic E-state index is -0.289. The third kappa shape index (κ3) is 4.34. The maximum atomic E-state index is 12.2. The van der Waals surface area contributed by atoms with Crippen LogP contribution in [0.25, 0.3) is 0 Å². The van der Waals surface area contributed by atoms with E-state index in [1.165, 1.54) is 0 Å². The standard InChI is InChI=1S/C16H26N4O2/c1-12(21)13-7-9-20(10-8-13)16(22)17-11-14-5-4-6-15(18-14)19(2)3/h4-6,12-13,21H,7-11H2,1-3H3,(H,17,22). The molecule has 0 aromatic carbocycles. The second-order valence-corrected chi connectivity index (χ2v) is 6.11. The van der Waals surface area contributed by atoms with Gasteiger partial charge in [0.2, 0.25) is 0 Å². The maximum absolute atomic E-state index is 12.2. The minimum Gasteiger partial charge on any atom is -0.393 e. The zero-order valence-electron chi connectivity index (χ0n) is 13.6. The van der Waals surface area contributed by atoms with E-state index in [9.17, 15) is 9.90 Å². The molecule has 2 amide bonds. The number of aliphatic hydroxyl groups is 1.